The van der Waals surface area contributed by atoms with Crippen LogP contribution in [0.4, 0.5) is 4.79 Å². The van der Waals surface area contributed by atoms with Crippen LogP contribution in [0.1, 0.15) is 27.2 Å². The Kier molecular flexibility index (Phi) is 4.93. The number of carbonyl (C=O) groups excluding carboxylic acids is 1. The number of alkyl carbamates (subject to hydrolysis) is 1. The number of amides is 1. The lowest BCUT2D eigenvalue weighted by molar-refractivity contribution is 0.0529. The van der Waals surface area contributed by atoms with Crippen molar-refractivity contribution in [2.75, 3.05) is 6.54 Å². The van der Waals surface area contributed by atoms with Crippen molar-refractivity contribution in [2.45, 2.75) is 32.8 Å². The maximum absolute atomic E-state index is 11.0. The molecule has 0 aliphatic heterocycles. The molecule has 74 valence electrons. The van der Waals surface area contributed by atoms with Gasteiger partial charge in [-0.15, -0.1) is 5.73 Å². The lowest BCUT2D eigenvalue weighted by Crippen LogP contribution is -2.32. The first-order valence-corrected chi connectivity index (χ1v) is 4.27. The number of rotatable bonds is 3. The molecule has 0 bridgehead atoms. The Morgan fingerprint density at radius 2 is 2.23 bits per heavy atom. The first-order valence-electron chi connectivity index (χ1n) is 4.27. The van der Waals surface area contributed by atoms with Crippen LogP contribution < -0.4 is 5.32 Å². The van der Waals surface area contributed by atoms with E-state index in [4.69, 9.17) is 4.74 Å². The monoisotopic (exact) mass is 183 g/mol. The van der Waals surface area contributed by atoms with E-state index < -0.39 is 5.60 Å². The van der Waals surface area contributed by atoms with Gasteiger partial charge in [0.1, 0.15) is 5.60 Å². The summed E-state index contributed by atoms with van der Waals surface area (Å²) in [6.07, 6.45) is 2.10. The van der Waals surface area contributed by atoms with E-state index >= 15 is 0 Å². The second-order valence-corrected chi connectivity index (χ2v) is 3.63. The van der Waals surface area contributed by atoms with Crippen LogP contribution in [-0.4, -0.2) is 18.2 Å². The predicted octanol–water partition coefficient (Wildman–Crippen LogP) is 2.24. The molecule has 0 saturated carbocycles. The molecule has 0 unspecified atom stereocenters. The van der Waals surface area contributed by atoms with Crippen molar-refractivity contribution in [3.05, 3.63) is 18.4 Å². The van der Waals surface area contributed by atoms with E-state index in [2.05, 4.69) is 17.6 Å². The number of carbonyl (C=O) groups is 1. The van der Waals surface area contributed by atoms with Gasteiger partial charge in [-0.25, -0.2) is 4.79 Å². The van der Waals surface area contributed by atoms with Crippen LogP contribution in [0.3, 0.4) is 0 Å². The zero-order valence-corrected chi connectivity index (χ0v) is 8.52. The van der Waals surface area contributed by atoms with Crippen LogP contribution in [-0.2, 0) is 4.74 Å². The van der Waals surface area contributed by atoms with Crippen molar-refractivity contribution in [2.24, 2.45) is 0 Å². The molecule has 0 aliphatic carbocycles. The van der Waals surface area contributed by atoms with Crippen LogP contribution in [0.5, 0.6) is 0 Å². The summed E-state index contributed by atoms with van der Waals surface area (Å²) in [5.74, 6) is 0. The van der Waals surface area contributed by atoms with Gasteiger partial charge in [-0.1, -0.05) is 6.58 Å². The fraction of sp³-hybridized carbons (Fsp3) is 0.600. The molecule has 13 heavy (non-hydrogen) atoms. The SMILES string of the molecule is C=C=CCCNC(=O)OC(C)(C)C. The van der Waals surface area contributed by atoms with E-state index in [1.54, 1.807) is 6.08 Å². The highest BCUT2D eigenvalue weighted by atomic mass is 16.6. The third kappa shape index (κ3) is 8.70. The standard InChI is InChI=1S/C10H17NO2/c1-5-6-7-8-11-9(12)13-10(2,3)4/h6H,1,7-8H2,2-4H3,(H,11,12). The van der Waals surface area contributed by atoms with E-state index in [9.17, 15) is 4.79 Å². The zero-order chi connectivity index (χ0) is 10.3. The number of nitrogens with one attached hydrogen (secondary N) is 1. The fourth-order valence-electron chi connectivity index (χ4n) is 0.663. The molecule has 0 radical (unpaired) electrons. The van der Waals surface area contributed by atoms with Crippen molar-refractivity contribution in [1.82, 2.24) is 5.32 Å². The smallest absolute Gasteiger partial charge is 0.407 e. The molecule has 0 rings (SSSR count). The van der Waals surface area contributed by atoms with E-state index in [1.165, 1.54) is 0 Å². The number of hydrogen-bond acceptors (Lipinski definition) is 2. The van der Waals surface area contributed by atoms with Gasteiger partial charge in [-0.3, -0.25) is 0 Å². The Morgan fingerprint density at radius 1 is 1.62 bits per heavy atom. The quantitative estimate of drug-likeness (QED) is 0.538. The van der Waals surface area contributed by atoms with Gasteiger partial charge in [0.05, 0.1) is 0 Å². The molecule has 0 aliphatic rings. The molecule has 0 aromatic carbocycles. The van der Waals surface area contributed by atoms with Crippen molar-refractivity contribution < 1.29 is 9.53 Å². The molecule has 0 aromatic heterocycles. The van der Waals surface area contributed by atoms with Gasteiger partial charge in [-0.05, 0) is 33.3 Å². The van der Waals surface area contributed by atoms with Crippen molar-refractivity contribution in [1.29, 1.82) is 0 Å². The lowest BCUT2D eigenvalue weighted by atomic mass is 10.2. The number of hydrogen-bond donors (Lipinski definition) is 1. The highest BCUT2D eigenvalue weighted by Gasteiger charge is 2.14. The first-order chi connectivity index (χ1) is 5.95. The van der Waals surface area contributed by atoms with Crippen LogP contribution in [0.2, 0.25) is 0 Å². The van der Waals surface area contributed by atoms with E-state index in [0.717, 1.165) is 6.42 Å². The van der Waals surface area contributed by atoms with Gasteiger partial charge < -0.3 is 10.1 Å². The summed E-state index contributed by atoms with van der Waals surface area (Å²) in [6.45, 7) is 9.45. The second kappa shape index (κ2) is 5.44. The average Bonchev–Trinajstić information content (AvgIpc) is 1.94. The molecule has 1 amide bonds. The summed E-state index contributed by atoms with van der Waals surface area (Å²) < 4.78 is 5.02. The third-order valence-electron chi connectivity index (χ3n) is 1.10. The number of ether oxygens (including phenoxy) is 1. The van der Waals surface area contributed by atoms with E-state index in [-0.39, 0.29) is 6.09 Å². The van der Waals surface area contributed by atoms with Crippen LogP contribution in [0, 0.1) is 0 Å². The summed E-state index contributed by atoms with van der Waals surface area (Å²) in [7, 11) is 0. The van der Waals surface area contributed by atoms with Gasteiger partial charge in [0, 0.05) is 6.54 Å². The largest absolute Gasteiger partial charge is 0.444 e. The molecular weight excluding hydrogens is 166 g/mol. The highest BCUT2D eigenvalue weighted by Crippen LogP contribution is 2.06. The third-order valence-corrected chi connectivity index (χ3v) is 1.10. The van der Waals surface area contributed by atoms with Gasteiger partial charge >= 0.3 is 6.09 Å². The maximum Gasteiger partial charge on any atom is 0.407 e. The molecule has 0 spiro atoms. The van der Waals surface area contributed by atoms with Crippen molar-refractivity contribution in [3.8, 4) is 0 Å². The van der Waals surface area contributed by atoms with Crippen molar-refractivity contribution >= 4 is 6.09 Å². The molecule has 0 aromatic rings. The molecule has 0 atom stereocenters. The highest BCUT2D eigenvalue weighted by molar-refractivity contribution is 5.67. The molecule has 0 fully saturated rings. The molecule has 0 saturated heterocycles. The Hall–Kier alpha value is -1.21. The Morgan fingerprint density at radius 3 is 2.69 bits per heavy atom. The Balaban J connectivity index is 3.58. The van der Waals surface area contributed by atoms with Gasteiger partial charge in [0.2, 0.25) is 0 Å². The second-order valence-electron chi connectivity index (χ2n) is 3.63. The lowest BCUT2D eigenvalue weighted by Gasteiger charge is -2.19. The maximum atomic E-state index is 11.0. The summed E-state index contributed by atoms with van der Waals surface area (Å²) >= 11 is 0. The van der Waals surface area contributed by atoms with E-state index in [0.29, 0.717) is 6.54 Å². The zero-order valence-electron chi connectivity index (χ0n) is 8.52. The summed E-state index contributed by atoms with van der Waals surface area (Å²) in [5, 5.41) is 2.61. The van der Waals surface area contributed by atoms with Crippen molar-refractivity contribution in [3.63, 3.8) is 0 Å². The molecule has 3 nitrogen and oxygen atoms in total. The molecule has 0 heterocycles. The minimum atomic E-state index is -0.432. The normalized spacial score (nSPS) is 10.1. The first kappa shape index (κ1) is 11.8. The van der Waals surface area contributed by atoms with E-state index in [1.807, 2.05) is 20.8 Å². The van der Waals surface area contributed by atoms with Gasteiger partial charge in [0.25, 0.3) is 0 Å². The minimum absolute atomic E-state index is 0.384. The molecule has 3 heteroatoms. The molecule has 1 N–H and O–H groups in total. The Bertz CT molecular complexity index is 209. The van der Waals surface area contributed by atoms with Crippen LogP contribution in [0.25, 0.3) is 0 Å². The van der Waals surface area contributed by atoms with Gasteiger partial charge in [-0.2, -0.15) is 0 Å². The van der Waals surface area contributed by atoms with Crippen LogP contribution >= 0.6 is 0 Å². The summed E-state index contributed by atoms with van der Waals surface area (Å²) in [4.78, 5) is 11.0. The molecular formula is C10H17NO2. The Labute approximate surface area is 79.5 Å². The minimum Gasteiger partial charge on any atom is -0.444 e. The predicted molar refractivity (Wildman–Crippen MR) is 52.6 cm³/mol. The fourth-order valence-corrected chi connectivity index (χ4v) is 0.663. The summed E-state index contributed by atoms with van der Waals surface area (Å²) in [6, 6.07) is 0. The topological polar surface area (TPSA) is 38.3 Å². The summed E-state index contributed by atoms with van der Waals surface area (Å²) in [5.41, 5.74) is 2.19. The van der Waals surface area contributed by atoms with Crippen LogP contribution in [0.15, 0.2) is 18.4 Å². The van der Waals surface area contributed by atoms with Gasteiger partial charge in [0.15, 0.2) is 0 Å². The average molecular weight is 183 g/mol.